The van der Waals surface area contributed by atoms with Crippen LogP contribution in [0.1, 0.15) is 96.3 Å². The molecule has 5 atom stereocenters. The first-order chi connectivity index (χ1) is 13.1. The zero-order chi connectivity index (χ0) is 19.1. The molecule has 0 aromatic rings. The summed E-state index contributed by atoms with van der Waals surface area (Å²) >= 11 is 0. The van der Waals surface area contributed by atoms with Gasteiger partial charge in [0.2, 0.25) is 0 Å². The molecule has 2 N–H and O–H groups in total. The van der Waals surface area contributed by atoms with Gasteiger partial charge in [-0.25, -0.2) is 0 Å². The maximum Gasteiger partial charge on any atom is 0.303 e. The van der Waals surface area contributed by atoms with E-state index in [4.69, 9.17) is 5.11 Å². The topological polar surface area (TPSA) is 57.5 Å². The van der Waals surface area contributed by atoms with Crippen LogP contribution in [0.3, 0.4) is 0 Å². The van der Waals surface area contributed by atoms with E-state index in [0.29, 0.717) is 18.3 Å². The molecule has 2 bridgehead atoms. The number of aliphatic hydroxyl groups excluding tert-OH is 1. The first kappa shape index (κ1) is 20.9. The van der Waals surface area contributed by atoms with Gasteiger partial charge >= 0.3 is 5.97 Å². The molecule has 27 heavy (non-hydrogen) atoms. The fourth-order valence-corrected chi connectivity index (χ4v) is 6.24. The Hall–Kier alpha value is -0.830. The van der Waals surface area contributed by atoms with E-state index < -0.39 is 5.97 Å². The van der Waals surface area contributed by atoms with E-state index in [-0.39, 0.29) is 6.10 Å². The number of hydrogen-bond donors (Lipinski definition) is 2. The minimum atomic E-state index is -0.666. The summed E-state index contributed by atoms with van der Waals surface area (Å²) in [5.41, 5.74) is 0. The van der Waals surface area contributed by atoms with E-state index >= 15 is 0 Å². The van der Waals surface area contributed by atoms with Gasteiger partial charge in [0.05, 0.1) is 6.10 Å². The van der Waals surface area contributed by atoms with Crippen molar-refractivity contribution in [3.8, 4) is 0 Å². The molecule has 3 aliphatic rings. The summed E-state index contributed by atoms with van der Waals surface area (Å²) < 4.78 is 0. The van der Waals surface area contributed by atoms with Crippen molar-refractivity contribution >= 4 is 5.97 Å². The molecule has 0 aromatic heterocycles. The number of aliphatic hydroxyl groups is 1. The van der Waals surface area contributed by atoms with Crippen molar-refractivity contribution in [2.24, 2.45) is 29.6 Å². The molecule has 3 rings (SSSR count). The summed E-state index contributed by atoms with van der Waals surface area (Å²) in [6.45, 7) is 0. The minimum Gasteiger partial charge on any atom is -0.481 e. The molecule has 5 unspecified atom stereocenters. The third-order valence-corrected chi connectivity index (χ3v) is 7.75. The van der Waals surface area contributed by atoms with Crippen molar-refractivity contribution in [3.05, 3.63) is 12.2 Å². The van der Waals surface area contributed by atoms with Gasteiger partial charge in [-0.3, -0.25) is 4.79 Å². The van der Waals surface area contributed by atoms with Gasteiger partial charge in [-0.05, 0) is 74.5 Å². The van der Waals surface area contributed by atoms with Crippen molar-refractivity contribution < 1.29 is 15.0 Å². The molecule has 0 amide bonds. The summed E-state index contributed by atoms with van der Waals surface area (Å²) in [5.74, 6) is 3.06. The molecule has 3 saturated carbocycles. The van der Waals surface area contributed by atoms with Crippen LogP contribution in [0.4, 0.5) is 0 Å². The van der Waals surface area contributed by atoms with Gasteiger partial charge in [0.15, 0.2) is 0 Å². The maximum atomic E-state index is 10.7. The number of unbranched alkanes of at least 4 members (excludes halogenated alkanes) is 3. The van der Waals surface area contributed by atoms with Crippen molar-refractivity contribution in [3.63, 3.8) is 0 Å². The smallest absolute Gasteiger partial charge is 0.303 e. The highest BCUT2D eigenvalue weighted by molar-refractivity contribution is 5.66. The fourth-order valence-electron chi connectivity index (χ4n) is 6.24. The van der Waals surface area contributed by atoms with E-state index in [1.807, 2.05) is 0 Å². The lowest BCUT2D eigenvalue weighted by atomic mass is 9.76. The van der Waals surface area contributed by atoms with E-state index in [9.17, 15) is 9.90 Å². The number of hydrogen-bond acceptors (Lipinski definition) is 2. The maximum absolute atomic E-state index is 10.7. The molecular weight excluding hydrogens is 336 g/mol. The zero-order valence-corrected chi connectivity index (χ0v) is 17.0. The zero-order valence-electron chi connectivity index (χ0n) is 17.0. The predicted octanol–water partition coefficient (Wildman–Crippen LogP) is 5.96. The first-order valence-corrected chi connectivity index (χ1v) is 11.7. The Bertz CT molecular complexity index is 478. The van der Waals surface area contributed by atoms with Crippen LogP contribution in [-0.4, -0.2) is 22.3 Å². The fraction of sp³-hybridized carbons (Fsp3) is 0.875. The van der Waals surface area contributed by atoms with Gasteiger partial charge < -0.3 is 10.2 Å². The number of carbonyl (C=O) groups is 1. The van der Waals surface area contributed by atoms with E-state index in [1.165, 1.54) is 77.0 Å². The standard InChI is InChI=1S/C24H40O3/c25-23(18-9-5-1-2-6-10-18)16-15-22-20-14-13-19(17-20)21(22)11-7-3-4-8-12-24(26)27/h15-16,18-23,25H,1-14,17H2,(H,26,27)/b16-15+. The van der Waals surface area contributed by atoms with Gasteiger partial charge in [0.25, 0.3) is 0 Å². The molecule has 3 nitrogen and oxygen atoms in total. The Balaban J connectivity index is 1.45. The van der Waals surface area contributed by atoms with E-state index in [1.54, 1.807) is 0 Å². The molecule has 0 aliphatic heterocycles. The lowest BCUT2D eigenvalue weighted by Gasteiger charge is -2.29. The van der Waals surface area contributed by atoms with E-state index in [2.05, 4.69) is 12.2 Å². The second-order valence-corrected chi connectivity index (χ2v) is 9.55. The average molecular weight is 377 g/mol. The Morgan fingerprint density at radius 2 is 1.63 bits per heavy atom. The van der Waals surface area contributed by atoms with Crippen LogP contribution >= 0.6 is 0 Å². The Labute approximate surface area is 165 Å². The van der Waals surface area contributed by atoms with Gasteiger partial charge in [-0.1, -0.05) is 57.1 Å². The minimum absolute atomic E-state index is 0.237. The average Bonchev–Trinajstić information content (AvgIpc) is 3.13. The Morgan fingerprint density at radius 3 is 2.37 bits per heavy atom. The summed E-state index contributed by atoms with van der Waals surface area (Å²) in [7, 11) is 0. The molecular formula is C24H40O3. The SMILES string of the molecule is O=C(O)CCCCCCC1C2CCC(C2)C1/C=C/C(O)C1CCCCCC1. The summed E-state index contributed by atoms with van der Waals surface area (Å²) in [4.78, 5) is 10.6. The van der Waals surface area contributed by atoms with Crippen LogP contribution in [0, 0.1) is 29.6 Å². The second kappa shape index (κ2) is 10.6. The van der Waals surface area contributed by atoms with Crippen molar-refractivity contribution in [1.82, 2.24) is 0 Å². The molecule has 154 valence electrons. The van der Waals surface area contributed by atoms with Gasteiger partial charge in [0, 0.05) is 6.42 Å². The molecule has 0 radical (unpaired) electrons. The molecule has 0 heterocycles. The number of fused-ring (bicyclic) bond motifs is 2. The number of aliphatic carboxylic acids is 1. The van der Waals surface area contributed by atoms with E-state index in [0.717, 1.165) is 30.6 Å². The quantitative estimate of drug-likeness (QED) is 0.281. The van der Waals surface area contributed by atoms with Gasteiger partial charge in [-0.15, -0.1) is 0 Å². The number of carboxylic acids is 1. The molecule has 3 fully saturated rings. The van der Waals surface area contributed by atoms with Crippen LogP contribution in [0.25, 0.3) is 0 Å². The lowest BCUT2D eigenvalue weighted by Crippen LogP contribution is -2.22. The Kier molecular flexibility index (Phi) is 8.24. The van der Waals surface area contributed by atoms with Gasteiger partial charge in [0.1, 0.15) is 0 Å². The normalized spacial score (nSPS) is 32.8. The van der Waals surface area contributed by atoms with Crippen LogP contribution in [0.5, 0.6) is 0 Å². The highest BCUT2D eigenvalue weighted by Gasteiger charge is 2.45. The molecule has 0 saturated heterocycles. The highest BCUT2D eigenvalue weighted by atomic mass is 16.4. The number of allylic oxidation sites excluding steroid dienone is 1. The predicted molar refractivity (Wildman–Crippen MR) is 109 cm³/mol. The largest absolute Gasteiger partial charge is 0.481 e. The monoisotopic (exact) mass is 376 g/mol. The van der Waals surface area contributed by atoms with Crippen LogP contribution in [0.2, 0.25) is 0 Å². The van der Waals surface area contributed by atoms with Crippen LogP contribution < -0.4 is 0 Å². The molecule has 3 aliphatic carbocycles. The van der Waals surface area contributed by atoms with Gasteiger partial charge in [-0.2, -0.15) is 0 Å². The summed E-state index contributed by atoms with van der Waals surface area (Å²) in [6, 6.07) is 0. The van der Waals surface area contributed by atoms with Crippen molar-refractivity contribution in [2.75, 3.05) is 0 Å². The lowest BCUT2D eigenvalue weighted by molar-refractivity contribution is -0.137. The molecule has 0 aromatic carbocycles. The first-order valence-electron chi connectivity index (χ1n) is 11.7. The molecule has 0 spiro atoms. The number of carboxylic acid groups (broad SMARTS) is 1. The second-order valence-electron chi connectivity index (χ2n) is 9.55. The Morgan fingerprint density at radius 1 is 0.926 bits per heavy atom. The highest BCUT2D eigenvalue weighted by Crippen LogP contribution is 2.54. The summed E-state index contributed by atoms with van der Waals surface area (Å²) in [6.07, 6.45) is 22.1. The van der Waals surface area contributed by atoms with Crippen LogP contribution in [0.15, 0.2) is 12.2 Å². The van der Waals surface area contributed by atoms with Crippen molar-refractivity contribution in [2.45, 2.75) is 102 Å². The third kappa shape index (κ3) is 6.07. The van der Waals surface area contributed by atoms with Crippen molar-refractivity contribution in [1.29, 1.82) is 0 Å². The third-order valence-electron chi connectivity index (χ3n) is 7.75. The number of rotatable bonds is 10. The summed E-state index contributed by atoms with van der Waals surface area (Å²) in [5, 5.41) is 19.4. The van der Waals surface area contributed by atoms with Crippen LogP contribution in [-0.2, 0) is 4.79 Å². The molecule has 3 heteroatoms.